The van der Waals surface area contributed by atoms with E-state index in [1.807, 2.05) is 0 Å². The first-order valence-corrected chi connectivity index (χ1v) is 7.15. The monoisotopic (exact) mass is 259 g/mol. The van der Waals surface area contributed by atoms with E-state index in [4.69, 9.17) is 4.74 Å². The molecule has 0 N–H and O–H groups in total. The van der Waals surface area contributed by atoms with Gasteiger partial charge in [-0.1, -0.05) is 6.58 Å². The van der Waals surface area contributed by atoms with E-state index in [1.165, 1.54) is 36.0 Å². The lowest BCUT2D eigenvalue weighted by atomic mass is 9.97. The van der Waals surface area contributed by atoms with Crippen molar-refractivity contribution in [3.05, 3.63) is 35.4 Å². The summed E-state index contributed by atoms with van der Waals surface area (Å²) in [7, 11) is 1.73. The van der Waals surface area contributed by atoms with Gasteiger partial charge in [0.05, 0.1) is 7.11 Å². The molecule has 1 aromatic carbocycles. The van der Waals surface area contributed by atoms with Crippen molar-refractivity contribution in [3.8, 4) is 5.75 Å². The molecule has 1 aromatic rings. The summed E-state index contributed by atoms with van der Waals surface area (Å²) in [5.74, 6) is 0.959. The third kappa shape index (κ3) is 2.78. The topological polar surface area (TPSA) is 12.5 Å². The van der Waals surface area contributed by atoms with E-state index < -0.39 is 0 Å². The summed E-state index contributed by atoms with van der Waals surface area (Å²) < 4.78 is 5.38. The van der Waals surface area contributed by atoms with Gasteiger partial charge in [-0.05, 0) is 63.3 Å². The molecule has 104 valence electrons. The van der Waals surface area contributed by atoms with Crippen LogP contribution >= 0.6 is 0 Å². The van der Waals surface area contributed by atoms with E-state index in [2.05, 4.69) is 44.4 Å². The Morgan fingerprint density at radius 1 is 1.26 bits per heavy atom. The Morgan fingerprint density at radius 3 is 2.63 bits per heavy atom. The van der Waals surface area contributed by atoms with Crippen molar-refractivity contribution in [1.29, 1.82) is 0 Å². The molecule has 0 bridgehead atoms. The number of nitrogens with zero attached hydrogens (tertiary/aromatic N) is 1. The average Bonchev–Trinajstić information content (AvgIpc) is 2.40. The van der Waals surface area contributed by atoms with Crippen molar-refractivity contribution in [2.45, 2.75) is 46.1 Å². The van der Waals surface area contributed by atoms with Crippen molar-refractivity contribution in [1.82, 2.24) is 4.90 Å². The summed E-state index contributed by atoms with van der Waals surface area (Å²) in [5, 5.41) is 0. The van der Waals surface area contributed by atoms with E-state index in [0.717, 1.165) is 18.0 Å². The number of aryl methyl sites for hydroxylation is 2. The van der Waals surface area contributed by atoms with E-state index in [-0.39, 0.29) is 0 Å². The van der Waals surface area contributed by atoms with Crippen LogP contribution in [0, 0.1) is 13.8 Å². The number of methoxy groups -OCH3 is 1. The Bertz CT molecular complexity index is 478. The van der Waals surface area contributed by atoms with Crippen LogP contribution in [-0.2, 0) is 0 Å². The molecule has 1 fully saturated rings. The van der Waals surface area contributed by atoms with Crippen molar-refractivity contribution < 1.29 is 4.74 Å². The number of hydrogen-bond donors (Lipinski definition) is 0. The normalized spacial score (nSPS) is 19.4. The number of likely N-dealkylation sites (tertiary alicyclic amines) is 1. The van der Waals surface area contributed by atoms with Gasteiger partial charge in [0.1, 0.15) is 5.75 Å². The maximum absolute atomic E-state index is 5.38. The summed E-state index contributed by atoms with van der Waals surface area (Å²) >= 11 is 0. The SMILES string of the molecule is C=C(c1cc(C)c(OC)cc1C)N1CCCCC1C. The van der Waals surface area contributed by atoms with Gasteiger partial charge < -0.3 is 9.64 Å². The van der Waals surface area contributed by atoms with E-state index >= 15 is 0 Å². The molecule has 1 saturated heterocycles. The Labute approximate surface area is 117 Å². The van der Waals surface area contributed by atoms with Gasteiger partial charge >= 0.3 is 0 Å². The molecule has 1 heterocycles. The first-order valence-electron chi connectivity index (χ1n) is 7.15. The van der Waals surface area contributed by atoms with Gasteiger partial charge in [0.2, 0.25) is 0 Å². The quantitative estimate of drug-likeness (QED) is 0.808. The molecule has 1 atom stereocenters. The molecule has 2 rings (SSSR count). The molecule has 2 heteroatoms. The smallest absolute Gasteiger partial charge is 0.122 e. The summed E-state index contributed by atoms with van der Waals surface area (Å²) in [6.07, 6.45) is 3.89. The first-order chi connectivity index (χ1) is 9.04. The highest BCUT2D eigenvalue weighted by Crippen LogP contribution is 2.31. The minimum absolute atomic E-state index is 0.600. The molecule has 19 heavy (non-hydrogen) atoms. The number of piperidine rings is 1. The van der Waals surface area contributed by atoms with Gasteiger partial charge in [-0.25, -0.2) is 0 Å². The predicted molar refractivity (Wildman–Crippen MR) is 81.5 cm³/mol. The Balaban J connectivity index is 2.30. The van der Waals surface area contributed by atoms with E-state index in [9.17, 15) is 0 Å². The van der Waals surface area contributed by atoms with Crippen LogP contribution in [0.2, 0.25) is 0 Å². The summed E-state index contributed by atoms with van der Waals surface area (Å²) in [6.45, 7) is 12.0. The predicted octanol–water partition coefficient (Wildman–Crippen LogP) is 4.16. The summed E-state index contributed by atoms with van der Waals surface area (Å²) in [5.41, 5.74) is 4.83. The molecule has 1 aliphatic rings. The second kappa shape index (κ2) is 5.68. The Kier molecular flexibility index (Phi) is 4.18. The highest BCUT2D eigenvalue weighted by molar-refractivity contribution is 5.67. The van der Waals surface area contributed by atoms with Gasteiger partial charge in [-0.3, -0.25) is 0 Å². The van der Waals surface area contributed by atoms with Gasteiger partial charge in [0.15, 0.2) is 0 Å². The Hall–Kier alpha value is -1.44. The fourth-order valence-electron chi connectivity index (χ4n) is 2.97. The molecule has 2 nitrogen and oxygen atoms in total. The summed E-state index contributed by atoms with van der Waals surface area (Å²) in [6, 6.07) is 4.92. The van der Waals surface area contributed by atoms with Crippen LogP contribution in [0.3, 0.4) is 0 Å². The minimum atomic E-state index is 0.600. The second-order valence-electron chi connectivity index (χ2n) is 5.62. The van der Waals surface area contributed by atoms with Crippen molar-refractivity contribution in [2.75, 3.05) is 13.7 Å². The van der Waals surface area contributed by atoms with Crippen LogP contribution in [-0.4, -0.2) is 24.6 Å². The molecule has 1 aliphatic heterocycles. The van der Waals surface area contributed by atoms with Crippen molar-refractivity contribution >= 4 is 5.70 Å². The van der Waals surface area contributed by atoms with Gasteiger partial charge in [-0.15, -0.1) is 0 Å². The van der Waals surface area contributed by atoms with Gasteiger partial charge in [-0.2, -0.15) is 0 Å². The molecular formula is C17H25NO. The third-order valence-corrected chi connectivity index (χ3v) is 4.20. The molecule has 0 aromatic heterocycles. The third-order valence-electron chi connectivity index (χ3n) is 4.20. The largest absolute Gasteiger partial charge is 0.496 e. The van der Waals surface area contributed by atoms with Crippen LogP contribution in [0.4, 0.5) is 0 Å². The number of benzene rings is 1. The highest BCUT2D eigenvalue weighted by Gasteiger charge is 2.21. The fraction of sp³-hybridized carbons (Fsp3) is 0.529. The molecule has 0 spiro atoms. The zero-order chi connectivity index (χ0) is 14.0. The maximum atomic E-state index is 5.38. The van der Waals surface area contributed by atoms with Crippen LogP contribution in [0.5, 0.6) is 5.75 Å². The van der Waals surface area contributed by atoms with Crippen LogP contribution in [0.1, 0.15) is 42.9 Å². The maximum Gasteiger partial charge on any atom is 0.122 e. The summed E-state index contributed by atoms with van der Waals surface area (Å²) in [4.78, 5) is 2.46. The molecule has 0 radical (unpaired) electrons. The lowest BCUT2D eigenvalue weighted by molar-refractivity contribution is 0.244. The molecular weight excluding hydrogens is 234 g/mol. The first kappa shape index (κ1) is 14.0. The van der Waals surface area contributed by atoms with E-state index in [0.29, 0.717) is 6.04 Å². The van der Waals surface area contributed by atoms with Crippen LogP contribution in [0.25, 0.3) is 5.70 Å². The lowest BCUT2D eigenvalue weighted by Crippen LogP contribution is -2.35. The highest BCUT2D eigenvalue weighted by atomic mass is 16.5. The average molecular weight is 259 g/mol. The zero-order valence-electron chi connectivity index (χ0n) is 12.6. The fourth-order valence-corrected chi connectivity index (χ4v) is 2.97. The molecule has 1 unspecified atom stereocenters. The van der Waals surface area contributed by atoms with Crippen molar-refractivity contribution in [3.63, 3.8) is 0 Å². The van der Waals surface area contributed by atoms with E-state index in [1.54, 1.807) is 7.11 Å². The molecule has 0 aliphatic carbocycles. The number of ether oxygens (including phenoxy) is 1. The lowest BCUT2D eigenvalue weighted by Gasteiger charge is -2.37. The zero-order valence-corrected chi connectivity index (χ0v) is 12.6. The van der Waals surface area contributed by atoms with Crippen molar-refractivity contribution in [2.24, 2.45) is 0 Å². The standard InChI is InChI=1S/C17H25NO/c1-12-11-17(19-5)13(2)10-16(12)15(4)18-9-7-6-8-14(18)3/h10-11,14H,4,6-9H2,1-3,5H3. The second-order valence-corrected chi connectivity index (χ2v) is 5.62. The minimum Gasteiger partial charge on any atom is -0.496 e. The molecule has 0 saturated carbocycles. The Morgan fingerprint density at radius 2 is 2.00 bits per heavy atom. The van der Waals surface area contributed by atoms with Crippen LogP contribution in [0.15, 0.2) is 18.7 Å². The molecule has 0 amide bonds. The number of rotatable bonds is 3. The number of hydrogen-bond acceptors (Lipinski definition) is 2. The van der Waals surface area contributed by atoms with Crippen LogP contribution < -0.4 is 4.74 Å². The van der Waals surface area contributed by atoms with Gasteiger partial charge in [0.25, 0.3) is 0 Å². The van der Waals surface area contributed by atoms with Gasteiger partial charge in [0, 0.05) is 23.8 Å².